The highest BCUT2D eigenvalue weighted by Gasteiger charge is 2.25. The molecule has 220 valence electrons. The van der Waals surface area contributed by atoms with Crippen LogP contribution in [0.3, 0.4) is 0 Å². The van der Waals surface area contributed by atoms with Gasteiger partial charge in [0.15, 0.2) is 5.75 Å². The van der Waals surface area contributed by atoms with Gasteiger partial charge in [-0.05, 0) is 160 Å². The smallest absolute Gasteiger partial charge is 0.407 e. The highest BCUT2D eigenvalue weighted by Crippen LogP contribution is 2.37. The Bertz CT molecular complexity index is 1190. The van der Waals surface area contributed by atoms with Gasteiger partial charge >= 0.3 is 12.1 Å². The number of unbranched alkanes of at least 4 members (excludes halogenated alkanes) is 1. The molecule has 0 saturated carbocycles. The highest BCUT2D eigenvalue weighted by molar-refractivity contribution is 14.1. The van der Waals surface area contributed by atoms with Gasteiger partial charge in [-0.1, -0.05) is 0 Å². The second-order valence-corrected chi connectivity index (χ2v) is 14.5. The minimum atomic E-state index is -1.17. The molecule has 14 heteroatoms. The van der Waals surface area contributed by atoms with Gasteiger partial charge in [-0.2, -0.15) is 0 Å². The van der Waals surface area contributed by atoms with E-state index >= 15 is 0 Å². The summed E-state index contributed by atoms with van der Waals surface area (Å²) in [6.45, 7) is 5.71. The Morgan fingerprint density at radius 2 is 1.55 bits per heavy atom. The zero-order valence-electron chi connectivity index (χ0n) is 22.0. The van der Waals surface area contributed by atoms with Crippen molar-refractivity contribution in [1.29, 1.82) is 0 Å². The van der Waals surface area contributed by atoms with E-state index in [1.54, 1.807) is 32.9 Å². The predicted octanol–water partition coefficient (Wildman–Crippen LogP) is 5.74. The van der Waals surface area contributed by atoms with E-state index in [-0.39, 0.29) is 12.2 Å². The lowest BCUT2D eigenvalue weighted by Crippen LogP contribution is -2.49. The average molecular weight is 1010 g/mol. The molecule has 0 radical (unpaired) electrons. The molecule has 0 aromatic heterocycles. The molecule has 40 heavy (non-hydrogen) atoms. The number of amides is 2. The Labute approximate surface area is 287 Å². The summed E-state index contributed by atoms with van der Waals surface area (Å²) < 4.78 is 14.1. The van der Waals surface area contributed by atoms with Gasteiger partial charge in [-0.3, -0.25) is 4.79 Å². The zero-order chi connectivity index (χ0) is 30.2. The molecule has 2 atom stereocenters. The number of alkyl carbamates (subject to hydrolysis) is 1. The van der Waals surface area contributed by atoms with E-state index in [0.717, 1.165) is 7.14 Å². The number of halogens is 4. The first-order valence-corrected chi connectivity index (χ1v) is 16.5. The molecule has 0 aliphatic rings. The molecular weight excluding hydrogens is 974 g/mol. The largest absolute Gasteiger partial charge is 0.506 e. The summed E-state index contributed by atoms with van der Waals surface area (Å²) in [4.78, 5) is 36.2. The van der Waals surface area contributed by atoms with Gasteiger partial charge in [0, 0.05) is 13.0 Å². The zero-order valence-corrected chi connectivity index (χ0v) is 30.7. The van der Waals surface area contributed by atoms with Crippen molar-refractivity contribution in [3.8, 4) is 17.2 Å². The maximum atomic E-state index is 12.6. The highest BCUT2D eigenvalue weighted by atomic mass is 127. The quantitative estimate of drug-likeness (QED) is 0.133. The number of phenolic OH excluding ortho intramolecular Hbond substituents is 1. The number of rotatable bonds is 12. The summed E-state index contributed by atoms with van der Waals surface area (Å²) in [7, 11) is 0. The molecule has 0 saturated heterocycles. The number of nitrogens with one attached hydrogen (secondary N) is 2. The van der Waals surface area contributed by atoms with Crippen LogP contribution in [0.1, 0.15) is 45.6 Å². The Morgan fingerprint density at radius 3 is 2.08 bits per heavy atom. The molecule has 0 aliphatic heterocycles. The van der Waals surface area contributed by atoms with E-state index in [1.165, 1.54) is 0 Å². The number of benzene rings is 2. The third-order valence-corrected chi connectivity index (χ3v) is 8.52. The summed E-state index contributed by atoms with van der Waals surface area (Å²) in [5.74, 6) is -0.333. The molecule has 2 amide bonds. The number of carbonyl (C=O) groups excluding carboxylic acids is 2. The molecule has 0 bridgehead atoms. The van der Waals surface area contributed by atoms with Crippen LogP contribution < -0.4 is 21.1 Å². The van der Waals surface area contributed by atoms with Crippen molar-refractivity contribution in [1.82, 2.24) is 10.6 Å². The van der Waals surface area contributed by atoms with E-state index in [1.807, 2.05) is 57.3 Å². The number of ether oxygens (including phenoxy) is 2. The lowest BCUT2D eigenvalue weighted by Gasteiger charge is -2.20. The number of nitrogens with two attached hydrogens (primary N) is 1. The Kier molecular flexibility index (Phi) is 14.2. The third kappa shape index (κ3) is 11.8. The first-order valence-electron chi connectivity index (χ1n) is 12.2. The predicted molar refractivity (Wildman–Crippen MR) is 185 cm³/mol. The SMILES string of the molecule is CC(C)(C)OC(=O)NCCCCC(N)C(=O)NC(Cc1cc(I)c(Oc2cc(I)c(O)c(I)c2)c(I)c1)C(=O)O. The minimum absolute atomic E-state index is 0.0644. The lowest BCUT2D eigenvalue weighted by molar-refractivity contribution is -0.142. The van der Waals surface area contributed by atoms with Gasteiger partial charge in [-0.15, -0.1) is 0 Å². The lowest BCUT2D eigenvalue weighted by atomic mass is 10.0. The van der Waals surface area contributed by atoms with Crippen molar-refractivity contribution >= 4 is 108 Å². The fourth-order valence-electron chi connectivity index (χ4n) is 3.39. The van der Waals surface area contributed by atoms with Crippen molar-refractivity contribution in [2.24, 2.45) is 5.73 Å². The van der Waals surface area contributed by atoms with Gasteiger partial charge in [0.2, 0.25) is 5.91 Å². The number of carbonyl (C=O) groups is 3. The molecular formula is C26H31I4N3O7. The summed E-state index contributed by atoms with van der Waals surface area (Å²) >= 11 is 8.31. The molecule has 0 heterocycles. The van der Waals surface area contributed by atoms with E-state index in [0.29, 0.717) is 50.0 Å². The van der Waals surface area contributed by atoms with Crippen LogP contribution in [0.2, 0.25) is 0 Å². The molecule has 2 aromatic rings. The average Bonchev–Trinajstić information content (AvgIpc) is 2.82. The van der Waals surface area contributed by atoms with Crippen LogP contribution in [0, 0.1) is 14.3 Å². The Morgan fingerprint density at radius 1 is 0.975 bits per heavy atom. The van der Waals surface area contributed by atoms with Gasteiger partial charge in [0.1, 0.15) is 23.1 Å². The number of hydrogen-bond acceptors (Lipinski definition) is 7. The number of carboxylic acids is 1. The maximum Gasteiger partial charge on any atom is 0.407 e. The summed E-state index contributed by atoms with van der Waals surface area (Å²) in [6, 6.07) is 5.05. The van der Waals surface area contributed by atoms with Crippen LogP contribution in [0.15, 0.2) is 24.3 Å². The molecule has 0 aliphatic carbocycles. The topological polar surface area (TPSA) is 160 Å². The molecule has 0 spiro atoms. The normalized spacial score (nSPS) is 12.8. The van der Waals surface area contributed by atoms with Gasteiger partial charge in [0.25, 0.3) is 0 Å². The molecule has 2 rings (SSSR count). The van der Waals surface area contributed by atoms with Crippen LogP contribution in [-0.2, 0) is 20.7 Å². The fourth-order valence-corrected chi connectivity index (χ4v) is 7.21. The van der Waals surface area contributed by atoms with Crippen molar-refractivity contribution in [2.75, 3.05) is 6.54 Å². The number of aromatic hydroxyl groups is 1. The maximum absolute atomic E-state index is 12.6. The van der Waals surface area contributed by atoms with E-state index < -0.39 is 35.7 Å². The first-order chi connectivity index (χ1) is 18.6. The van der Waals surface area contributed by atoms with Crippen molar-refractivity contribution in [3.63, 3.8) is 0 Å². The summed E-state index contributed by atoms with van der Waals surface area (Å²) in [5.41, 5.74) is 6.14. The first kappa shape index (κ1) is 35.3. The van der Waals surface area contributed by atoms with E-state index in [2.05, 4.69) is 55.8 Å². The van der Waals surface area contributed by atoms with Crippen LogP contribution >= 0.6 is 90.4 Å². The van der Waals surface area contributed by atoms with Crippen LogP contribution in [0.25, 0.3) is 0 Å². The van der Waals surface area contributed by atoms with E-state index in [4.69, 9.17) is 15.2 Å². The second kappa shape index (κ2) is 16.1. The van der Waals surface area contributed by atoms with Gasteiger partial charge < -0.3 is 36.1 Å². The van der Waals surface area contributed by atoms with E-state index in [9.17, 15) is 24.6 Å². The fraction of sp³-hybridized carbons (Fsp3) is 0.423. The molecule has 2 unspecified atom stereocenters. The number of hydrogen-bond donors (Lipinski definition) is 5. The van der Waals surface area contributed by atoms with Gasteiger partial charge in [0.05, 0.1) is 20.3 Å². The molecule has 10 nitrogen and oxygen atoms in total. The van der Waals surface area contributed by atoms with Crippen molar-refractivity contribution in [3.05, 3.63) is 44.1 Å². The van der Waals surface area contributed by atoms with Crippen LogP contribution in [-0.4, -0.2) is 52.4 Å². The van der Waals surface area contributed by atoms with Crippen LogP contribution in [0.5, 0.6) is 17.2 Å². The number of phenols is 1. The third-order valence-electron chi connectivity index (χ3n) is 5.27. The van der Waals surface area contributed by atoms with Gasteiger partial charge in [-0.25, -0.2) is 9.59 Å². The summed E-state index contributed by atoms with van der Waals surface area (Å²) in [5, 5.41) is 24.9. The van der Waals surface area contributed by atoms with Crippen molar-refractivity contribution in [2.45, 2.75) is 64.1 Å². The minimum Gasteiger partial charge on any atom is -0.506 e. The molecule has 6 N–H and O–H groups in total. The Hall–Kier alpha value is -0.870. The van der Waals surface area contributed by atoms with Crippen molar-refractivity contribution < 1.29 is 34.1 Å². The molecule has 2 aromatic carbocycles. The monoisotopic (exact) mass is 1000 g/mol. The summed E-state index contributed by atoms with van der Waals surface area (Å²) in [6.07, 6.45) is 1.06. The second-order valence-electron chi connectivity index (χ2n) is 9.86. The number of carboxylic acid groups (broad SMARTS) is 1. The number of aliphatic carboxylic acids is 1. The Balaban J connectivity index is 1.94. The molecule has 0 fully saturated rings. The van der Waals surface area contributed by atoms with Crippen LogP contribution in [0.4, 0.5) is 4.79 Å². The standard InChI is InChI=1S/C26H31I4N3O7/c1-26(2,3)40-25(38)32-7-5-4-6-19(31)23(35)33-20(24(36)37)10-13-8-17(29)22(18(30)9-13)39-14-11-15(27)21(34)16(28)12-14/h8-9,11-12,19-20,34H,4-7,10,31H2,1-3H3,(H,32,38)(H,33,35)(H,36,37).